The molecular formula is C20H16F3NO2S. The standard InChI is InChI=1S/C20H16F3NO2S/c1-14-10-11-16(12-19(14)23)24(13-15-6-2-3-7-17(15)21)27(25,26)20-9-5-4-8-18(20)22/h2-12H,13H2,1H3. The number of aryl methyl sites for hydroxylation is 1. The molecule has 0 heterocycles. The highest BCUT2D eigenvalue weighted by Crippen LogP contribution is 2.29. The van der Waals surface area contributed by atoms with Crippen LogP contribution in [0, 0.1) is 24.4 Å². The van der Waals surface area contributed by atoms with Gasteiger partial charge in [0.15, 0.2) is 0 Å². The van der Waals surface area contributed by atoms with E-state index in [1.54, 1.807) is 6.07 Å². The largest absolute Gasteiger partial charge is 0.267 e. The molecule has 3 aromatic rings. The Bertz CT molecular complexity index is 1080. The van der Waals surface area contributed by atoms with Crippen LogP contribution >= 0.6 is 0 Å². The van der Waals surface area contributed by atoms with Crippen LogP contribution in [-0.4, -0.2) is 8.42 Å². The van der Waals surface area contributed by atoms with Crippen molar-refractivity contribution in [3.05, 3.63) is 95.3 Å². The number of benzene rings is 3. The normalized spacial score (nSPS) is 11.4. The Kier molecular flexibility index (Phi) is 5.23. The lowest BCUT2D eigenvalue weighted by molar-refractivity contribution is 0.561. The average molecular weight is 391 g/mol. The lowest BCUT2D eigenvalue weighted by Gasteiger charge is -2.25. The first-order valence-corrected chi connectivity index (χ1v) is 9.51. The van der Waals surface area contributed by atoms with Gasteiger partial charge in [0.05, 0.1) is 12.2 Å². The van der Waals surface area contributed by atoms with Crippen molar-refractivity contribution < 1.29 is 21.6 Å². The second-order valence-corrected chi connectivity index (χ2v) is 7.80. The smallest absolute Gasteiger partial charge is 0.262 e. The van der Waals surface area contributed by atoms with Crippen molar-refractivity contribution in [2.24, 2.45) is 0 Å². The SMILES string of the molecule is Cc1ccc(N(Cc2ccccc2F)S(=O)(=O)c2ccccc2F)cc1F. The number of nitrogens with zero attached hydrogens (tertiary/aromatic N) is 1. The Hall–Kier alpha value is -2.80. The molecule has 7 heteroatoms. The molecule has 0 aromatic heterocycles. The van der Waals surface area contributed by atoms with Crippen LogP contribution in [0.1, 0.15) is 11.1 Å². The van der Waals surface area contributed by atoms with Gasteiger partial charge in [-0.15, -0.1) is 0 Å². The summed E-state index contributed by atoms with van der Waals surface area (Å²) in [5.74, 6) is -2.17. The van der Waals surface area contributed by atoms with Crippen molar-refractivity contribution in [2.75, 3.05) is 4.31 Å². The highest BCUT2D eigenvalue weighted by molar-refractivity contribution is 7.92. The summed E-state index contributed by atoms with van der Waals surface area (Å²) < 4.78 is 69.3. The molecule has 0 bridgehead atoms. The maximum Gasteiger partial charge on any atom is 0.267 e. The van der Waals surface area contributed by atoms with Crippen LogP contribution in [0.4, 0.5) is 18.9 Å². The zero-order valence-corrected chi connectivity index (χ0v) is 15.2. The molecule has 0 atom stereocenters. The van der Waals surface area contributed by atoms with Crippen molar-refractivity contribution in [3.8, 4) is 0 Å². The average Bonchev–Trinajstić information content (AvgIpc) is 2.63. The monoisotopic (exact) mass is 391 g/mol. The van der Waals surface area contributed by atoms with Gasteiger partial charge in [0, 0.05) is 5.56 Å². The summed E-state index contributed by atoms with van der Waals surface area (Å²) in [7, 11) is -4.40. The summed E-state index contributed by atoms with van der Waals surface area (Å²) in [5.41, 5.74) is 0.385. The van der Waals surface area contributed by atoms with Gasteiger partial charge in [-0.2, -0.15) is 0 Å². The second kappa shape index (κ2) is 7.44. The van der Waals surface area contributed by atoms with Crippen LogP contribution in [0.5, 0.6) is 0 Å². The molecule has 0 saturated carbocycles. The number of anilines is 1. The summed E-state index contributed by atoms with van der Waals surface area (Å²) in [5, 5.41) is 0. The molecule has 0 spiro atoms. The quantitative estimate of drug-likeness (QED) is 0.626. The van der Waals surface area contributed by atoms with E-state index in [2.05, 4.69) is 0 Å². The van der Waals surface area contributed by atoms with E-state index in [4.69, 9.17) is 0 Å². The molecule has 0 unspecified atom stereocenters. The van der Waals surface area contributed by atoms with E-state index in [1.165, 1.54) is 49.4 Å². The molecule has 0 aliphatic carbocycles. The molecule has 0 fully saturated rings. The van der Waals surface area contributed by atoms with E-state index in [-0.39, 0.29) is 11.3 Å². The Morgan fingerprint density at radius 2 is 1.44 bits per heavy atom. The van der Waals surface area contributed by atoms with Gasteiger partial charge in [0.1, 0.15) is 22.3 Å². The van der Waals surface area contributed by atoms with Gasteiger partial charge in [-0.05, 0) is 42.8 Å². The molecule has 0 radical (unpaired) electrons. The number of hydrogen-bond acceptors (Lipinski definition) is 2. The topological polar surface area (TPSA) is 37.4 Å². The highest BCUT2D eigenvalue weighted by atomic mass is 32.2. The molecule has 27 heavy (non-hydrogen) atoms. The Balaban J connectivity index is 2.16. The van der Waals surface area contributed by atoms with Crippen molar-refractivity contribution >= 4 is 15.7 Å². The zero-order valence-electron chi connectivity index (χ0n) is 14.4. The van der Waals surface area contributed by atoms with Gasteiger partial charge in [-0.25, -0.2) is 21.6 Å². The molecule has 3 aromatic carbocycles. The van der Waals surface area contributed by atoms with Crippen molar-refractivity contribution in [3.63, 3.8) is 0 Å². The third-order valence-electron chi connectivity index (χ3n) is 4.12. The van der Waals surface area contributed by atoms with Crippen molar-refractivity contribution in [2.45, 2.75) is 18.4 Å². The van der Waals surface area contributed by atoms with Gasteiger partial charge in [-0.3, -0.25) is 4.31 Å². The first-order chi connectivity index (χ1) is 12.8. The van der Waals surface area contributed by atoms with Gasteiger partial charge >= 0.3 is 0 Å². The number of hydrogen-bond donors (Lipinski definition) is 0. The number of rotatable bonds is 5. The number of sulfonamides is 1. The third kappa shape index (κ3) is 3.83. The van der Waals surface area contributed by atoms with E-state index in [9.17, 15) is 21.6 Å². The maximum atomic E-state index is 14.2. The lowest BCUT2D eigenvalue weighted by Crippen LogP contribution is -2.31. The molecule has 0 aliphatic heterocycles. The molecule has 140 valence electrons. The summed E-state index contributed by atoms with van der Waals surface area (Å²) >= 11 is 0. The van der Waals surface area contributed by atoms with Crippen molar-refractivity contribution in [1.82, 2.24) is 0 Å². The molecule has 3 nitrogen and oxygen atoms in total. The van der Waals surface area contributed by atoms with Crippen LogP contribution in [0.2, 0.25) is 0 Å². The fraction of sp³-hybridized carbons (Fsp3) is 0.100. The van der Waals surface area contributed by atoms with Crippen LogP contribution in [0.25, 0.3) is 0 Å². The zero-order chi connectivity index (χ0) is 19.6. The van der Waals surface area contributed by atoms with Crippen LogP contribution in [-0.2, 0) is 16.6 Å². The first-order valence-electron chi connectivity index (χ1n) is 8.07. The van der Waals surface area contributed by atoms with Gasteiger partial charge < -0.3 is 0 Å². The van der Waals surface area contributed by atoms with Crippen LogP contribution in [0.15, 0.2) is 71.6 Å². The van der Waals surface area contributed by atoms with E-state index in [0.717, 1.165) is 22.5 Å². The summed E-state index contributed by atoms with van der Waals surface area (Å²) in [4.78, 5) is -0.567. The number of halogens is 3. The fourth-order valence-corrected chi connectivity index (χ4v) is 4.11. The molecule has 0 N–H and O–H groups in total. The predicted octanol–water partition coefficient (Wildman–Crippen LogP) is 4.81. The summed E-state index contributed by atoms with van der Waals surface area (Å²) in [6.45, 7) is 1.12. The Labute approximate surface area is 155 Å². The van der Waals surface area contributed by atoms with Gasteiger partial charge in [-0.1, -0.05) is 36.4 Å². The molecule has 0 saturated heterocycles. The third-order valence-corrected chi connectivity index (χ3v) is 5.93. The lowest BCUT2D eigenvalue weighted by atomic mass is 10.2. The maximum absolute atomic E-state index is 14.2. The molecule has 3 rings (SSSR count). The van der Waals surface area contributed by atoms with Gasteiger partial charge in [0.2, 0.25) is 0 Å². The molecular weight excluding hydrogens is 375 g/mol. The van der Waals surface area contributed by atoms with E-state index >= 15 is 0 Å². The van der Waals surface area contributed by atoms with Crippen molar-refractivity contribution in [1.29, 1.82) is 0 Å². The minimum atomic E-state index is -4.40. The van der Waals surface area contributed by atoms with E-state index < -0.39 is 38.9 Å². The van der Waals surface area contributed by atoms with E-state index in [0.29, 0.717) is 5.56 Å². The molecule has 0 aliphatic rings. The van der Waals surface area contributed by atoms with Crippen LogP contribution in [0.3, 0.4) is 0 Å². The minimum Gasteiger partial charge on any atom is -0.262 e. The second-order valence-electron chi connectivity index (χ2n) is 5.97. The van der Waals surface area contributed by atoms with E-state index in [1.807, 2.05) is 0 Å². The summed E-state index contributed by atoms with van der Waals surface area (Å²) in [6.07, 6.45) is 0. The fourth-order valence-electron chi connectivity index (χ4n) is 2.61. The molecule has 0 amide bonds. The van der Waals surface area contributed by atoms with Crippen LogP contribution < -0.4 is 4.31 Å². The Morgan fingerprint density at radius 3 is 2.07 bits per heavy atom. The first kappa shape index (κ1) is 19.0. The Morgan fingerprint density at radius 1 is 0.815 bits per heavy atom. The minimum absolute atomic E-state index is 0.0235. The summed E-state index contributed by atoms with van der Waals surface area (Å²) in [6, 6.07) is 14.4. The predicted molar refractivity (Wildman–Crippen MR) is 97.3 cm³/mol. The highest BCUT2D eigenvalue weighted by Gasteiger charge is 2.29. The van der Waals surface area contributed by atoms with Gasteiger partial charge in [0.25, 0.3) is 10.0 Å².